The summed E-state index contributed by atoms with van der Waals surface area (Å²) in [6, 6.07) is 0. The summed E-state index contributed by atoms with van der Waals surface area (Å²) in [4.78, 5) is 0. The van der Waals surface area contributed by atoms with Crippen LogP contribution in [0.4, 0.5) is 0 Å². The Bertz CT molecular complexity index is 449. The first-order chi connectivity index (χ1) is 17.5. The quantitative estimate of drug-likeness (QED) is 0.0808. The van der Waals surface area contributed by atoms with Crippen molar-refractivity contribution < 1.29 is 30.3 Å². The number of aliphatic hydroxyl groups excluding tert-OH is 4. The zero-order valence-electron chi connectivity index (χ0n) is 23.8. The first-order valence-electron chi connectivity index (χ1n) is 15.4. The van der Waals surface area contributed by atoms with Crippen LogP contribution in [0.25, 0.3) is 0 Å². The molecule has 0 fully saturated rings. The summed E-state index contributed by atoms with van der Waals surface area (Å²) in [5.41, 5.74) is -1.80. The zero-order chi connectivity index (χ0) is 26.9. The van der Waals surface area contributed by atoms with E-state index in [9.17, 15) is 25.5 Å². The molecule has 6 nitrogen and oxygen atoms in total. The summed E-state index contributed by atoms with van der Waals surface area (Å²) >= 11 is 0. The molecule has 0 aromatic rings. The molecule has 4 unspecified atom stereocenters. The molecule has 0 aromatic heterocycles. The van der Waals surface area contributed by atoms with Gasteiger partial charge in [0.25, 0.3) is 0 Å². The van der Waals surface area contributed by atoms with Crippen LogP contribution in [0, 0.1) is 0 Å². The van der Waals surface area contributed by atoms with Gasteiger partial charge in [0, 0.05) is 6.61 Å². The van der Waals surface area contributed by atoms with Crippen LogP contribution < -0.4 is 0 Å². The van der Waals surface area contributed by atoms with Crippen molar-refractivity contribution in [3.8, 4) is 0 Å². The molecule has 4 atom stereocenters. The lowest BCUT2D eigenvalue weighted by Crippen LogP contribution is -2.59. The Balaban J connectivity index is 4.40. The van der Waals surface area contributed by atoms with E-state index in [0.717, 1.165) is 38.5 Å². The second-order valence-electron chi connectivity index (χ2n) is 10.8. The normalized spacial score (nSPS) is 16.1. The van der Waals surface area contributed by atoms with Gasteiger partial charge in [0.15, 0.2) is 0 Å². The Morgan fingerprint density at radius 2 is 0.944 bits per heavy atom. The first kappa shape index (κ1) is 35.8. The van der Waals surface area contributed by atoms with E-state index in [1.54, 1.807) is 0 Å². The third kappa shape index (κ3) is 17.3. The molecule has 0 rings (SSSR count). The van der Waals surface area contributed by atoms with Crippen LogP contribution in [0.5, 0.6) is 0 Å². The van der Waals surface area contributed by atoms with E-state index < -0.39 is 37.1 Å². The van der Waals surface area contributed by atoms with Crippen LogP contribution in [0.1, 0.15) is 149 Å². The molecule has 0 radical (unpaired) electrons. The molecule has 0 aliphatic heterocycles. The maximum atomic E-state index is 11.3. The minimum Gasteiger partial charge on any atom is -0.394 e. The molecule has 0 aromatic carbocycles. The second-order valence-corrected chi connectivity index (χ2v) is 10.8. The van der Waals surface area contributed by atoms with E-state index in [1.165, 1.54) is 83.5 Å². The number of unbranched alkanes of at least 4 members (excludes halogenated alkanes) is 18. The molecule has 0 aliphatic rings. The van der Waals surface area contributed by atoms with Gasteiger partial charge >= 0.3 is 0 Å². The third-order valence-corrected chi connectivity index (χ3v) is 7.51. The van der Waals surface area contributed by atoms with Crippen molar-refractivity contribution in [1.29, 1.82) is 0 Å². The van der Waals surface area contributed by atoms with Crippen LogP contribution >= 0.6 is 0 Å². The summed E-state index contributed by atoms with van der Waals surface area (Å²) in [6.07, 6.45) is 19.8. The molecule has 36 heavy (non-hydrogen) atoms. The van der Waals surface area contributed by atoms with Gasteiger partial charge in [0.2, 0.25) is 0 Å². The largest absolute Gasteiger partial charge is 0.394 e. The lowest BCUT2D eigenvalue weighted by atomic mass is 9.82. The minimum absolute atomic E-state index is 0.213. The van der Waals surface area contributed by atoms with Crippen molar-refractivity contribution in [3.05, 3.63) is 0 Å². The fourth-order valence-corrected chi connectivity index (χ4v) is 5.04. The van der Waals surface area contributed by atoms with Gasteiger partial charge in [-0.1, -0.05) is 136 Å². The molecular weight excluding hydrogens is 456 g/mol. The number of ether oxygens (including phenoxy) is 1. The summed E-state index contributed by atoms with van der Waals surface area (Å²) < 4.78 is 5.87. The van der Waals surface area contributed by atoms with E-state index in [0.29, 0.717) is 13.0 Å². The van der Waals surface area contributed by atoms with Crippen LogP contribution in [0.15, 0.2) is 0 Å². The molecule has 0 saturated carbocycles. The van der Waals surface area contributed by atoms with Gasteiger partial charge in [-0.2, -0.15) is 0 Å². The average Bonchev–Trinajstić information content (AvgIpc) is 2.89. The van der Waals surface area contributed by atoms with Crippen molar-refractivity contribution >= 4 is 0 Å². The first-order valence-corrected chi connectivity index (χ1v) is 15.4. The maximum absolute atomic E-state index is 11.3. The van der Waals surface area contributed by atoms with E-state index in [4.69, 9.17) is 4.74 Å². The van der Waals surface area contributed by atoms with Gasteiger partial charge in [-0.25, -0.2) is 0 Å². The molecule has 0 amide bonds. The molecule has 6 heteroatoms. The Morgan fingerprint density at radius 1 is 0.556 bits per heavy atom. The van der Waals surface area contributed by atoms with E-state index >= 15 is 0 Å². The SMILES string of the molecule is CCCCCCCCCCCCOC(C(O)CO)C(O)(CCCCCCCCCCCC)C(O)CO. The summed E-state index contributed by atoms with van der Waals surface area (Å²) in [7, 11) is 0. The lowest BCUT2D eigenvalue weighted by Gasteiger charge is -2.41. The fraction of sp³-hybridized carbons (Fsp3) is 1.00. The van der Waals surface area contributed by atoms with Crippen molar-refractivity contribution in [3.63, 3.8) is 0 Å². The van der Waals surface area contributed by atoms with Crippen LogP contribution in [-0.2, 0) is 4.74 Å². The lowest BCUT2D eigenvalue weighted by molar-refractivity contribution is -0.211. The van der Waals surface area contributed by atoms with E-state index in [-0.39, 0.29) is 6.42 Å². The third-order valence-electron chi connectivity index (χ3n) is 7.51. The van der Waals surface area contributed by atoms with Gasteiger partial charge in [-0.05, 0) is 12.8 Å². The van der Waals surface area contributed by atoms with E-state index in [1.807, 2.05) is 0 Å². The smallest absolute Gasteiger partial charge is 0.121 e. The monoisotopic (exact) mass is 518 g/mol. The average molecular weight is 519 g/mol. The minimum atomic E-state index is -1.80. The van der Waals surface area contributed by atoms with Crippen molar-refractivity contribution in [1.82, 2.24) is 0 Å². The fourth-order valence-electron chi connectivity index (χ4n) is 5.04. The maximum Gasteiger partial charge on any atom is 0.121 e. The molecular formula is C30H62O6. The predicted molar refractivity (Wildman–Crippen MR) is 149 cm³/mol. The second kappa shape index (κ2) is 25.1. The molecule has 5 N–H and O–H groups in total. The van der Waals surface area contributed by atoms with Crippen molar-refractivity contribution in [2.24, 2.45) is 0 Å². The van der Waals surface area contributed by atoms with Crippen LogP contribution in [-0.4, -0.2) is 69.3 Å². The van der Waals surface area contributed by atoms with Gasteiger partial charge in [-0.15, -0.1) is 0 Å². The van der Waals surface area contributed by atoms with Crippen molar-refractivity contribution in [2.45, 2.75) is 173 Å². The highest BCUT2D eigenvalue weighted by Crippen LogP contribution is 2.29. The highest BCUT2D eigenvalue weighted by Gasteiger charge is 2.46. The molecule has 0 aliphatic carbocycles. The highest BCUT2D eigenvalue weighted by molar-refractivity contribution is 4.97. The van der Waals surface area contributed by atoms with Crippen LogP contribution in [0.2, 0.25) is 0 Å². The predicted octanol–water partition coefficient (Wildman–Crippen LogP) is 6.04. The standard InChI is InChI=1S/C30H62O6/c1-3-5-7-9-11-13-15-17-19-21-23-30(35,28(34)26-32)29(27(33)25-31)36-24-22-20-18-16-14-12-10-8-6-4-2/h27-29,31-35H,3-26H2,1-2H3. The Kier molecular flexibility index (Phi) is 24.9. The Labute approximate surface area is 222 Å². The summed E-state index contributed by atoms with van der Waals surface area (Å²) in [6.45, 7) is 3.61. The van der Waals surface area contributed by atoms with Gasteiger partial charge in [0.1, 0.15) is 23.9 Å². The summed E-state index contributed by atoms with van der Waals surface area (Å²) in [5, 5.41) is 51.3. The number of hydrogen-bond acceptors (Lipinski definition) is 6. The topological polar surface area (TPSA) is 110 Å². The van der Waals surface area contributed by atoms with Gasteiger partial charge in [-0.3, -0.25) is 0 Å². The molecule has 0 spiro atoms. The number of rotatable bonds is 28. The Morgan fingerprint density at radius 3 is 1.33 bits per heavy atom. The van der Waals surface area contributed by atoms with Gasteiger partial charge in [0.05, 0.1) is 13.2 Å². The highest BCUT2D eigenvalue weighted by atomic mass is 16.5. The number of hydrogen-bond donors (Lipinski definition) is 5. The molecule has 218 valence electrons. The molecule has 0 saturated heterocycles. The zero-order valence-corrected chi connectivity index (χ0v) is 23.8. The summed E-state index contributed by atoms with van der Waals surface area (Å²) in [5.74, 6) is 0. The molecule has 0 heterocycles. The van der Waals surface area contributed by atoms with Gasteiger partial charge < -0.3 is 30.3 Å². The van der Waals surface area contributed by atoms with Crippen molar-refractivity contribution in [2.75, 3.05) is 19.8 Å². The molecule has 0 bridgehead atoms. The Hall–Kier alpha value is -0.240. The van der Waals surface area contributed by atoms with Crippen LogP contribution in [0.3, 0.4) is 0 Å². The number of aliphatic hydroxyl groups is 5. The van der Waals surface area contributed by atoms with E-state index in [2.05, 4.69) is 13.8 Å².